The third-order valence-corrected chi connectivity index (χ3v) is 4.17. The van der Waals surface area contributed by atoms with Crippen molar-refractivity contribution in [2.75, 3.05) is 20.2 Å². The molecule has 0 saturated carbocycles. The lowest BCUT2D eigenvalue weighted by atomic mass is 10.0. The van der Waals surface area contributed by atoms with Gasteiger partial charge in [0.25, 0.3) is 0 Å². The van der Waals surface area contributed by atoms with Gasteiger partial charge in [0.05, 0.1) is 13.2 Å². The molecular formula is C17H27ClN2O2. The quantitative estimate of drug-likeness (QED) is 0.845. The standard InChI is InChI=1S/C17H26N2O2.ClH/c1-12-4-6-16(21-3)15(10-12)13(2)19-17(20)7-5-14-8-9-18-11-14;/h4,6,10,13-14,18H,5,7-9,11H2,1-3H3,(H,19,20);1H. The highest BCUT2D eigenvalue weighted by Gasteiger charge is 2.18. The molecule has 22 heavy (non-hydrogen) atoms. The smallest absolute Gasteiger partial charge is 0.220 e. The van der Waals surface area contributed by atoms with Crippen LogP contribution in [-0.4, -0.2) is 26.1 Å². The van der Waals surface area contributed by atoms with Crippen molar-refractivity contribution >= 4 is 18.3 Å². The fourth-order valence-electron chi connectivity index (χ4n) is 2.88. The summed E-state index contributed by atoms with van der Waals surface area (Å²) >= 11 is 0. The minimum Gasteiger partial charge on any atom is -0.496 e. The Bertz CT molecular complexity index is 488. The number of amides is 1. The average Bonchev–Trinajstić information content (AvgIpc) is 2.98. The highest BCUT2D eigenvalue weighted by Crippen LogP contribution is 2.26. The Labute approximate surface area is 139 Å². The Morgan fingerprint density at radius 2 is 2.27 bits per heavy atom. The molecule has 0 aromatic heterocycles. The van der Waals surface area contributed by atoms with Crippen LogP contribution in [0.15, 0.2) is 18.2 Å². The van der Waals surface area contributed by atoms with Gasteiger partial charge in [0, 0.05) is 12.0 Å². The molecule has 1 amide bonds. The fourth-order valence-corrected chi connectivity index (χ4v) is 2.88. The van der Waals surface area contributed by atoms with E-state index in [0.717, 1.165) is 30.8 Å². The van der Waals surface area contributed by atoms with Crippen LogP contribution < -0.4 is 15.4 Å². The van der Waals surface area contributed by atoms with Crippen molar-refractivity contribution in [2.24, 2.45) is 5.92 Å². The van der Waals surface area contributed by atoms with Crippen LogP contribution in [0.3, 0.4) is 0 Å². The van der Waals surface area contributed by atoms with Gasteiger partial charge in [-0.05, 0) is 51.8 Å². The van der Waals surface area contributed by atoms with E-state index in [1.54, 1.807) is 7.11 Å². The van der Waals surface area contributed by atoms with E-state index in [1.807, 2.05) is 26.0 Å². The van der Waals surface area contributed by atoms with Gasteiger partial charge in [-0.3, -0.25) is 4.79 Å². The van der Waals surface area contributed by atoms with Crippen LogP contribution in [0, 0.1) is 12.8 Å². The molecule has 1 aliphatic heterocycles. The molecule has 1 fully saturated rings. The second-order valence-electron chi connectivity index (χ2n) is 5.93. The summed E-state index contributed by atoms with van der Waals surface area (Å²) in [5, 5.41) is 6.42. The number of rotatable bonds is 6. The molecule has 5 heteroatoms. The first kappa shape index (κ1) is 18.8. The van der Waals surface area contributed by atoms with Crippen molar-refractivity contribution in [3.05, 3.63) is 29.3 Å². The number of carbonyl (C=O) groups is 1. The molecule has 0 aliphatic carbocycles. The summed E-state index contributed by atoms with van der Waals surface area (Å²) in [6, 6.07) is 6.01. The molecule has 0 radical (unpaired) electrons. The first-order valence-corrected chi connectivity index (χ1v) is 7.74. The summed E-state index contributed by atoms with van der Waals surface area (Å²) < 4.78 is 5.38. The van der Waals surface area contributed by atoms with Crippen molar-refractivity contribution in [3.63, 3.8) is 0 Å². The minimum atomic E-state index is -0.0333. The predicted molar refractivity (Wildman–Crippen MR) is 91.7 cm³/mol. The zero-order valence-electron chi connectivity index (χ0n) is 13.6. The number of nitrogens with one attached hydrogen (secondary N) is 2. The molecule has 2 N–H and O–H groups in total. The number of benzene rings is 1. The number of aryl methyl sites for hydroxylation is 1. The van der Waals surface area contributed by atoms with Gasteiger partial charge in [-0.15, -0.1) is 12.4 Å². The molecule has 1 saturated heterocycles. The minimum absolute atomic E-state index is 0. The number of carbonyl (C=O) groups excluding carboxylic acids is 1. The van der Waals surface area contributed by atoms with Gasteiger partial charge in [-0.1, -0.05) is 17.7 Å². The van der Waals surface area contributed by atoms with Gasteiger partial charge in [-0.25, -0.2) is 0 Å². The van der Waals surface area contributed by atoms with Crippen LogP contribution in [0.2, 0.25) is 0 Å². The molecular weight excluding hydrogens is 300 g/mol. The lowest BCUT2D eigenvalue weighted by Gasteiger charge is -2.18. The number of hydrogen-bond acceptors (Lipinski definition) is 3. The first-order chi connectivity index (χ1) is 10.1. The highest BCUT2D eigenvalue weighted by molar-refractivity contribution is 5.85. The monoisotopic (exact) mass is 326 g/mol. The Hall–Kier alpha value is -1.26. The van der Waals surface area contributed by atoms with Crippen LogP contribution in [0.5, 0.6) is 5.75 Å². The summed E-state index contributed by atoms with van der Waals surface area (Å²) in [7, 11) is 1.66. The van der Waals surface area contributed by atoms with Gasteiger partial charge in [0.1, 0.15) is 5.75 Å². The summed E-state index contributed by atoms with van der Waals surface area (Å²) in [6.07, 6.45) is 2.76. The second kappa shape index (κ2) is 9.01. The largest absolute Gasteiger partial charge is 0.496 e. The number of hydrogen-bond donors (Lipinski definition) is 2. The highest BCUT2D eigenvalue weighted by atomic mass is 35.5. The van der Waals surface area contributed by atoms with E-state index in [2.05, 4.69) is 16.7 Å². The lowest BCUT2D eigenvalue weighted by Crippen LogP contribution is -2.27. The second-order valence-corrected chi connectivity index (χ2v) is 5.93. The Morgan fingerprint density at radius 3 is 2.91 bits per heavy atom. The van der Waals surface area contributed by atoms with Gasteiger partial charge in [0.15, 0.2) is 0 Å². The van der Waals surface area contributed by atoms with Crippen LogP contribution in [0.1, 0.15) is 43.4 Å². The third kappa shape index (κ3) is 5.18. The summed E-state index contributed by atoms with van der Waals surface area (Å²) in [5.41, 5.74) is 2.21. The molecule has 2 atom stereocenters. The number of methoxy groups -OCH3 is 1. The van der Waals surface area contributed by atoms with E-state index >= 15 is 0 Å². The third-order valence-electron chi connectivity index (χ3n) is 4.17. The molecule has 1 aromatic rings. The summed E-state index contributed by atoms with van der Waals surface area (Å²) in [5.74, 6) is 1.60. The Balaban J connectivity index is 0.00000242. The van der Waals surface area contributed by atoms with Gasteiger partial charge < -0.3 is 15.4 Å². The van der Waals surface area contributed by atoms with Gasteiger partial charge in [0.2, 0.25) is 5.91 Å². The molecule has 1 aliphatic rings. The van der Waals surface area contributed by atoms with E-state index < -0.39 is 0 Å². The maximum atomic E-state index is 12.1. The Morgan fingerprint density at radius 1 is 1.50 bits per heavy atom. The molecule has 0 spiro atoms. The first-order valence-electron chi connectivity index (χ1n) is 7.74. The van der Waals surface area contributed by atoms with Crippen LogP contribution in [0.25, 0.3) is 0 Å². The zero-order chi connectivity index (χ0) is 15.2. The zero-order valence-corrected chi connectivity index (χ0v) is 14.5. The van der Waals surface area contributed by atoms with Crippen molar-refractivity contribution < 1.29 is 9.53 Å². The van der Waals surface area contributed by atoms with Crippen molar-refractivity contribution in [1.82, 2.24) is 10.6 Å². The molecule has 2 unspecified atom stereocenters. The van der Waals surface area contributed by atoms with Crippen molar-refractivity contribution in [2.45, 2.75) is 39.2 Å². The van der Waals surface area contributed by atoms with E-state index in [-0.39, 0.29) is 24.4 Å². The Kier molecular flexibility index (Phi) is 7.69. The molecule has 1 aromatic carbocycles. The normalized spacial score (nSPS) is 18.4. The summed E-state index contributed by atoms with van der Waals surface area (Å²) in [6.45, 7) is 6.19. The van der Waals surface area contributed by atoms with Crippen molar-refractivity contribution in [3.8, 4) is 5.75 Å². The topological polar surface area (TPSA) is 50.4 Å². The van der Waals surface area contributed by atoms with E-state index in [1.165, 1.54) is 12.0 Å². The van der Waals surface area contributed by atoms with Crippen LogP contribution in [-0.2, 0) is 4.79 Å². The van der Waals surface area contributed by atoms with E-state index in [0.29, 0.717) is 12.3 Å². The number of ether oxygens (including phenoxy) is 1. The lowest BCUT2D eigenvalue weighted by molar-refractivity contribution is -0.122. The van der Waals surface area contributed by atoms with Crippen molar-refractivity contribution in [1.29, 1.82) is 0 Å². The SMILES string of the molecule is COc1ccc(C)cc1C(C)NC(=O)CCC1CCNC1.Cl. The van der Waals surface area contributed by atoms with Gasteiger partial charge in [-0.2, -0.15) is 0 Å². The summed E-state index contributed by atoms with van der Waals surface area (Å²) in [4.78, 5) is 12.1. The fraction of sp³-hybridized carbons (Fsp3) is 0.588. The predicted octanol–water partition coefficient (Wildman–Crippen LogP) is 2.99. The molecule has 4 nitrogen and oxygen atoms in total. The molecule has 124 valence electrons. The van der Waals surface area contributed by atoms with Crippen LogP contribution in [0.4, 0.5) is 0 Å². The van der Waals surface area contributed by atoms with Crippen LogP contribution >= 0.6 is 12.4 Å². The maximum absolute atomic E-state index is 12.1. The molecule has 0 bridgehead atoms. The number of halogens is 1. The molecule has 1 heterocycles. The molecule has 2 rings (SSSR count). The average molecular weight is 327 g/mol. The maximum Gasteiger partial charge on any atom is 0.220 e. The van der Waals surface area contributed by atoms with E-state index in [4.69, 9.17) is 4.74 Å². The van der Waals surface area contributed by atoms with Gasteiger partial charge >= 0.3 is 0 Å². The van der Waals surface area contributed by atoms with E-state index in [9.17, 15) is 4.79 Å².